The van der Waals surface area contributed by atoms with Crippen molar-refractivity contribution in [3.05, 3.63) is 64.7 Å². The minimum absolute atomic E-state index is 0.147. The Hall–Kier alpha value is -2.22. The first-order valence-corrected chi connectivity index (χ1v) is 11.3. The highest BCUT2D eigenvalue weighted by molar-refractivity contribution is 7.89. The minimum atomic E-state index is -3.64. The maximum absolute atomic E-state index is 13.0. The SMILES string of the molecule is CCc1ccc(CN(C)C(=O)c2cc(S(=O)(=O)N3CCOCC3)ccc2C)cc1. The van der Waals surface area contributed by atoms with Crippen molar-refractivity contribution in [3.8, 4) is 0 Å². The fourth-order valence-electron chi connectivity index (χ4n) is 3.36. The molecule has 0 aliphatic carbocycles. The van der Waals surface area contributed by atoms with Gasteiger partial charge in [0.15, 0.2) is 0 Å². The maximum atomic E-state index is 13.0. The number of nitrogens with zero attached hydrogens (tertiary/aromatic N) is 2. The van der Waals surface area contributed by atoms with Crippen molar-refractivity contribution in [2.24, 2.45) is 0 Å². The average molecular weight is 417 g/mol. The third-order valence-corrected chi connectivity index (χ3v) is 7.14. The number of aryl methyl sites for hydroxylation is 2. The summed E-state index contributed by atoms with van der Waals surface area (Å²) in [5, 5.41) is 0. The average Bonchev–Trinajstić information content (AvgIpc) is 2.74. The van der Waals surface area contributed by atoms with Crippen LogP contribution in [0.25, 0.3) is 0 Å². The summed E-state index contributed by atoms with van der Waals surface area (Å²) >= 11 is 0. The molecule has 1 amide bonds. The van der Waals surface area contributed by atoms with Crippen LogP contribution in [0, 0.1) is 6.92 Å². The smallest absolute Gasteiger partial charge is 0.254 e. The number of rotatable bonds is 6. The Morgan fingerprint density at radius 2 is 1.69 bits per heavy atom. The van der Waals surface area contributed by atoms with Gasteiger partial charge in [-0.1, -0.05) is 37.3 Å². The van der Waals surface area contributed by atoms with Crippen LogP contribution in [0.3, 0.4) is 0 Å². The molecule has 1 aliphatic rings. The van der Waals surface area contributed by atoms with Gasteiger partial charge in [-0.05, 0) is 42.2 Å². The first kappa shape index (κ1) is 21.5. The number of morpholine rings is 1. The van der Waals surface area contributed by atoms with Crippen LogP contribution in [0.15, 0.2) is 47.4 Å². The van der Waals surface area contributed by atoms with E-state index in [0.717, 1.165) is 17.5 Å². The molecular formula is C22H28N2O4S. The lowest BCUT2D eigenvalue weighted by atomic mass is 10.1. The Bertz CT molecular complexity index is 965. The van der Waals surface area contributed by atoms with Crippen molar-refractivity contribution in [2.45, 2.75) is 31.7 Å². The zero-order chi connectivity index (χ0) is 21.0. The first-order chi connectivity index (χ1) is 13.8. The number of benzene rings is 2. The summed E-state index contributed by atoms with van der Waals surface area (Å²) in [5.74, 6) is -0.193. The van der Waals surface area contributed by atoms with Crippen LogP contribution in [0.4, 0.5) is 0 Å². The van der Waals surface area contributed by atoms with Gasteiger partial charge in [-0.25, -0.2) is 8.42 Å². The van der Waals surface area contributed by atoms with Crippen LogP contribution in [0.2, 0.25) is 0 Å². The fourth-order valence-corrected chi connectivity index (χ4v) is 4.79. The number of carbonyl (C=O) groups excluding carboxylic acids is 1. The zero-order valence-electron chi connectivity index (χ0n) is 17.2. The lowest BCUT2D eigenvalue weighted by Gasteiger charge is -2.26. The van der Waals surface area contributed by atoms with E-state index in [2.05, 4.69) is 19.1 Å². The molecule has 6 nitrogen and oxygen atoms in total. The molecule has 0 saturated carbocycles. The highest BCUT2D eigenvalue weighted by Crippen LogP contribution is 2.22. The highest BCUT2D eigenvalue weighted by atomic mass is 32.2. The van der Waals surface area contributed by atoms with Gasteiger partial charge in [-0.15, -0.1) is 0 Å². The quantitative estimate of drug-likeness (QED) is 0.726. The predicted molar refractivity (Wildman–Crippen MR) is 112 cm³/mol. The van der Waals surface area contributed by atoms with Crippen LogP contribution in [0.5, 0.6) is 0 Å². The summed E-state index contributed by atoms with van der Waals surface area (Å²) < 4.78 is 32.5. The molecule has 1 aliphatic heterocycles. The molecule has 7 heteroatoms. The summed E-state index contributed by atoms with van der Waals surface area (Å²) in [6.07, 6.45) is 0.971. The minimum Gasteiger partial charge on any atom is -0.379 e. The lowest BCUT2D eigenvalue weighted by molar-refractivity contribution is 0.0730. The van der Waals surface area contributed by atoms with E-state index >= 15 is 0 Å². The van der Waals surface area contributed by atoms with E-state index in [4.69, 9.17) is 4.74 Å². The molecule has 156 valence electrons. The molecule has 0 unspecified atom stereocenters. The molecule has 2 aromatic rings. The molecule has 0 spiro atoms. The topological polar surface area (TPSA) is 66.9 Å². The molecule has 3 rings (SSSR count). The number of amides is 1. The highest BCUT2D eigenvalue weighted by Gasteiger charge is 2.27. The van der Waals surface area contributed by atoms with Crippen LogP contribution in [0.1, 0.15) is 34.0 Å². The second-order valence-corrected chi connectivity index (χ2v) is 9.26. The third-order valence-electron chi connectivity index (χ3n) is 5.24. The van der Waals surface area contributed by atoms with E-state index in [1.54, 1.807) is 24.1 Å². The monoisotopic (exact) mass is 416 g/mol. The molecule has 0 radical (unpaired) electrons. The first-order valence-electron chi connectivity index (χ1n) is 9.84. The number of carbonyl (C=O) groups is 1. The van der Waals surface area contributed by atoms with Gasteiger partial charge in [-0.3, -0.25) is 4.79 Å². The van der Waals surface area contributed by atoms with Gasteiger partial charge in [0.25, 0.3) is 5.91 Å². The van der Waals surface area contributed by atoms with Crippen molar-refractivity contribution in [1.82, 2.24) is 9.21 Å². The summed E-state index contributed by atoms with van der Waals surface area (Å²) in [6, 6.07) is 12.9. The second-order valence-electron chi connectivity index (χ2n) is 7.32. The Morgan fingerprint density at radius 3 is 2.31 bits per heavy atom. The molecule has 29 heavy (non-hydrogen) atoms. The van der Waals surface area contributed by atoms with Gasteiger partial charge in [0.2, 0.25) is 10.0 Å². The summed E-state index contributed by atoms with van der Waals surface area (Å²) in [4.78, 5) is 14.8. The van der Waals surface area contributed by atoms with Crippen molar-refractivity contribution in [2.75, 3.05) is 33.4 Å². The number of ether oxygens (including phenoxy) is 1. The Balaban J connectivity index is 1.81. The van der Waals surface area contributed by atoms with Crippen molar-refractivity contribution < 1.29 is 17.9 Å². The molecule has 2 aromatic carbocycles. The number of hydrogen-bond acceptors (Lipinski definition) is 4. The predicted octanol–water partition coefficient (Wildman–Crippen LogP) is 2.85. The molecule has 0 atom stereocenters. The molecular weight excluding hydrogens is 388 g/mol. The zero-order valence-corrected chi connectivity index (χ0v) is 18.0. The van der Waals surface area contributed by atoms with Crippen LogP contribution < -0.4 is 0 Å². The van der Waals surface area contributed by atoms with Crippen molar-refractivity contribution in [1.29, 1.82) is 0 Å². The number of hydrogen-bond donors (Lipinski definition) is 0. The Morgan fingerprint density at radius 1 is 1.07 bits per heavy atom. The fraction of sp³-hybridized carbons (Fsp3) is 0.409. The summed E-state index contributed by atoms with van der Waals surface area (Å²) in [7, 11) is -1.91. The van der Waals surface area contributed by atoms with E-state index < -0.39 is 10.0 Å². The summed E-state index contributed by atoms with van der Waals surface area (Å²) in [6.45, 7) is 5.81. The molecule has 1 saturated heterocycles. The van der Waals surface area contributed by atoms with Crippen molar-refractivity contribution in [3.63, 3.8) is 0 Å². The van der Waals surface area contributed by atoms with Gasteiger partial charge in [0.1, 0.15) is 0 Å². The van der Waals surface area contributed by atoms with Crippen molar-refractivity contribution >= 4 is 15.9 Å². The maximum Gasteiger partial charge on any atom is 0.254 e. The van der Waals surface area contributed by atoms with Crippen LogP contribution in [-0.2, 0) is 27.7 Å². The molecule has 0 bridgehead atoms. The van der Waals surface area contributed by atoms with Gasteiger partial charge < -0.3 is 9.64 Å². The largest absolute Gasteiger partial charge is 0.379 e. The second kappa shape index (κ2) is 9.07. The van der Waals surface area contributed by atoms with Crippen LogP contribution >= 0.6 is 0 Å². The Labute approximate surface area is 173 Å². The van der Waals surface area contributed by atoms with Gasteiger partial charge >= 0.3 is 0 Å². The molecule has 1 fully saturated rings. The molecule has 0 aromatic heterocycles. The lowest BCUT2D eigenvalue weighted by Crippen LogP contribution is -2.40. The van der Waals surface area contributed by atoms with E-state index in [0.29, 0.717) is 38.4 Å². The van der Waals surface area contributed by atoms with Gasteiger partial charge in [-0.2, -0.15) is 4.31 Å². The Kier molecular flexibility index (Phi) is 6.72. The molecule has 1 heterocycles. The standard InChI is InChI=1S/C22H28N2O4S/c1-4-18-6-8-19(9-7-18)16-23(3)22(25)21-15-20(10-5-17(21)2)29(26,27)24-11-13-28-14-12-24/h5-10,15H,4,11-14,16H2,1-3H3. The third kappa shape index (κ3) is 4.86. The van der Waals surface area contributed by atoms with Crippen LogP contribution in [-0.4, -0.2) is 56.9 Å². The number of sulfonamides is 1. The van der Waals surface area contributed by atoms with Gasteiger partial charge in [0.05, 0.1) is 18.1 Å². The van der Waals surface area contributed by atoms with E-state index in [1.807, 2.05) is 19.1 Å². The summed E-state index contributed by atoms with van der Waals surface area (Å²) in [5.41, 5.74) is 3.45. The van der Waals surface area contributed by atoms with E-state index in [-0.39, 0.29) is 10.8 Å². The van der Waals surface area contributed by atoms with Gasteiger partial charge in [0, 0.05) is 32.2 Å². The van der Waals surface area contributed by atoms with E-state index in [9.17, 15) is 13.2 Å². The normalized spacial score (nSPS) is 15.3. The molecule has 0 N–H and O–H groups in total. The van der Waals surface area contributed by atoms with E-state index in [1.165, 1.54) is 15.9 Å².